The zero-order valence-corrected chi connectivity index (χ0v) is 13.7. The molecular formula is C16H22N4OS. The van der Waals surface area contributed by atoms with Gasteiger partial charge in [0.05, 0.1) is 17.1 Å². The van der Waals surface area contributed by atoms with E-state index in [-0.39, 0.29) is 5.91 Å². The van der Waals surface area contributed by atoms with Crippen LogP contribution in [0.15, 0.2) is 23.7 Å². The van der Waals surface area contributed by atoms with Crippen molar-refractivity contribution in [3.63, 3.8) is 0 Å². The summed E-state index contributed by atoms with van der Waals surface area (Å²) in [4.78, 5) is 20.6. The molecule has 22 heavy (non-hydrogen) atoms. The number of nitrogens with zero attached hydrogens (tertiary/aromatic N) is 2. The van der Waals surface area contributed by atoms with Crippen molar-refractivity contribution in [2.24, 2.45) is 5.73 Å². The minimum Gasteiger partial charge on any atom is -0.330 e. The van der Waals surface area contributed by atoms with Gasteiger partial charge in [0, 0.05) is 23.0 Å². The first-order valence-electron chi connectivity index (χ1n) is 7.53. The molecule has 0 aliphatic heterocycles. The molecule has 0 aliphatic rings. The second kappa shape index (κ2) is 8.60. The van der Waals surface area contributed by atoms with Gasteiger partial charge < -0.3 is 11.1 Å². The van der Waals surface area contributed by atoms with Crippen LogP contribution in [0.2, 0.25) is 0 Å². The van der Waals surface area contributed by atoms with E-state index in [0.29, 0.717) is 6.42 Å². The quantitative estimate of drug-likeness (QED) is 0.733. The van der Waals surface area contributed by atoms with Crippen LogP contribution in [0.4, 0.5) is 5.69 Å². The molecule has 2 aromatic heterocycles. The highest BCUT2D eigenvalue weighted by Crippen LogP contribution is 2.14. The van der Waals surface area contributed by atoms with Crippen molar-refractivity contribution in [2.45, 2.75) is 39.0 Å². The highest BCUT2D eigenvalue weighted by atomic mass is 32.1. The Morgan fingerprint density at radius 2 is 2.23 bits per heavy atom. The maximum atomic E-state index is 12.0. The van der Waals surface area contributed by atoms with Crippen LogP contribution < -0.4 is 11.1 Å². The van der Waals surface area contributed by atoms with E-state index in [0.717, 1.165) is 54.3 Å². The number of thiazole rings is 1. The Hall–Kier alpha value is -1.79. The number of aryl methyl sites for hydroxylation is 2. The second-order valence-corrected chi connectivity index (χ2v) is 6.19. The Labute approximate surface area is 135 Å². The number of hydrogen-bond donors (Lipinski definition) is 2. The second-order valence-electron chi connectivity index (χ2n) is 5.24. The number of hydrogen-bond acceptors (Lipinski definition) is 5. The fraction of sp³-hybridized carbons (Fsp3) is 0.438. The van der Waals surface area contributed by atoms with Crippen LogP contribution in [0.25, 0.3) is 0 Å². The van der Waals surface area contributed by atoms with Crippen LogP contribution in [0, 0.1) is 6.92 Å². The SMILES string of the molecule is Cc1cc(NC(=O)Cc2csc(CCCCCN)n2)ccn1. The Bertz CT molecular complexity index is 612. The summed E-state index contributed by atoms with van der Waals surface area (Å²) < 4.78 is 0. The van der Waals surface area contributed by atoms with Gasteiger partial charge in [-0.3, -0.25) is 9.78 Å². The van der Waals surface area contributed by atoms with Crippen LogP contribution in [0.5, 0.6) is 0 Å². The molecule has 0 aromatic carbocycles. The van der Waals surface area contributed by atoms with Gasteiger partial charge in [-0.05, 0) is 44.9 Å². The molecule has 0 saturated carbocycles. The smallest absolute Gasteiger partial charge is 0.230 e. The molecule has 0 unspecified atom stereocenters. The maximum Gasteiger partial charge on any atom is 0.230 e. The summed E-state index contributed by atoms with van der Waals surface area (Å²) in [5.74, 6) is -0.0504. The van der Waals surface area contributed by atoms with Crippen LogP contribution >= 0.6 is 11.3 Å². The number of nitrogens with two attached hydrogens (primary N) is 1. The monoisotopic (exact) mass is 318 g/mol. The Kier molecular flexibility index (Phi) is 6.48. The number of rotatable bonds is 8. The van der Waals surface area contributed by atoms with Gasteiger partial charge in [0.25, 0.3) is 0 Å². The van der Waals surface area contributed by atoms with Crippen molar-refractivity contribution < 1.29 is 4.79 Å². The summed E-state index contributed by atoms with van der Waals surface area (Å²) in [6, 6.07) is 3.64. The lowest BCUT2D eigenvalue weighted by molar-refractivity contribution is -0.115. The largest absolute Gasteiger partial charge is 0.330 e. The molecule has 3 N–H and O–H groups in total. The minimum atomic E-state index is -0.0504. The summed E-state index contributed by atoms with van der Waals surface area (Å²) in [7, 11) is 0. The first kappa shape index (κ1) is 16.6. The first-order valence-corrected chi connectivity index (χ1v) is 8.41. The summed E-state index contributed by atoms with van der Waals surface area (Å²) >= 11 is 1.63. The van der Waals surface area contributed by atoms with Crippen molar-refractivity contribution in [3.8, 4) is 0 Å². The van der Waals surface area contributed by atoms with E-state index < -0.39 is 0 Å². The van der Waals surface area contributed by atoms with Gasteiger partial charge in [0.2, 0.25) is 5.91 Å². The lowest BCUT2D eigenvalue weighted by Crippen LogP contribution is -2.14. The average molecular weight is 318 g/mol. The molecule has 1 amide bonds. The molecule has 2 aromatic rings. The molecule has 0 fully saturated rings. The van der Waals surface area contributed by atoms with Crippen molar-refractivity contribution in [1.82, 2.24) is 9.97 Å². The normalized spacial score (nSPS) is 10.6. The summed E-state index contributed by atoms with van der Waals surface area (Å²) in [6.07, 6.45) is 6.26. The van der Waals surface area contributed by atoms with Crippen molar-refractivity contribution in [1.29, 1.82) is 0 Å². The first-order chi connectivity index (χ1) is 10.7. The number of carbonyl (C=O) groups excluding carboxylic acids is 1. The number of anilines is 1. The third kappa shape index (κ3) is 5.54. The number of pyridine rings is 1. The van der Waals surface area contributed by atoms with Gasteiger partial charge in [0.15, 0.2) is 0 Å². The number of aromatic nitrogens is 2. The highest BCUT2D eigenvalue weighted by Gasteiger charge is 2.08. The lowest BCUT2D eigenvalue weighted by atomic mass is 10.2. The van der Waals surface area contributed by atoms with Gasteiger partial charge in [-0.1, -0.05) is 6.42 Å². The van der Waals surface area contributed by atoms with E-state index in [4.69, 9.17) is 5.73 Å². The fourth-order valence-electron chi connectivity index (χ4n) is 2.14. The Balaban J connectivity index is 1.80. The highest BCUT2D eigenvalue weighted by molar-refractivity contribution is 7.09. The summed E-state index contributed by atoms with van der Waals surface area (Å²) in [6.45, 7) is 2.64. The molecule has 2 heterocycles. The van der Waals surface area contributed by atoms with Crippen LogP contribution in [-0.2, 0) is 17.6 Å². The van der Waals surface area contributed by atoms with Crippen LogP contribution in [0.3, 0.4) is 0 Å². The van der Waals surface area contributed by atoms with Crippen molar-refractivity contribution in [2.75, 3.05) is 11.9 Å². The van der Waals surface area contributed by atoms with Gasteiger partial charge in [-0.15, -0.1) is 11.3 Å². The molecule has 0 spiro atoms. The number of amides is 1. The molecule has 0 radical (unpaired) electrons. The standard InChI is InChI=1S/C16H22N4OS/c1-12-9-13(6-8-18-12)19-15(21)10-14-11-22-16(20-14)5-3-2-4-7-17/h6,8-9,11H,2-5,7,10,17H2,1H3,(H,18,19,21). The fourth-order valence-corrected chi connectivity index (χ4v) is 2.98. The van der Waals surface area contributed by atoms with Gasteiger partial charge in [-0.25, -0.2) is 4.98 Å². The predicted molar refractivity (Wildman–Crippen MR) is 90.0 cm³/mol. The molecule has 0 bridgehead atoms. The predicted octanol–water partition coefficient (Wildman–Crippen LogP) is 2.70. The Morgan fingerprint density at radius 1 is 1.36 bits per heavy atom. The molecule has 6 heteroatoms. The molecule has 0 aliphatic carbocycles. The third-order valence-corrected chi connectivity index (χ3v) is 4.17. The van der Waals surface area contributed by atoms with E-state index in [9.17, 15) is 4.79 Å². The number of nitrogens with one attached hydrogen (secondary N) is 1. The van der Waals surface area contributed by atoms with E-state index >= 15 is 0 Å². The maximum absolute atomic E-state index is 12.0. The van der Waals surface area contributed by atoms with Crippen molar-refractivity contribution >= 4 is 22.9 Å². The van der Waals surface area contributed by atoms with Crippen LogP contribution in [-0.4, -0.2) is 22.4 Å². The zero-order chi connectivity index (χ0) is 15.8. The minimum absolute atomic E-state index is 0.0504. The topological polar surface area (TPSA) is 80.9 Å². The molecule has 2 rings (SSSR count). The Morgan fingerprint density at radius 3 is 3.00 bits per heavy atom. The van der Waals surface area contributed by atoms with Crippen molar-refractivity contribution in [3.05, 3.63) is 40.1 Å². The van der Waals surface area contributed by atoms with E-state index in [1.54, 1.807) is 23.6 Å². The molecule has 0 atom stereocenters. The van der Waals surface area contributed by atoms with Gasteiger partial charge in [0.1, 0.15) is 0 Å². The molecule has 118 valence electrons. The summed E-state index contributed by atoms with van der Waals surface area (Å²) in [5, 5.41) is 5.94. The lowest BCUT2D eigenvalue weighted by Gasteiger charge is -2.04. The van der Waals surface area contributed by atoms with E-state index in [1.165, 1.54) is 0 Å². The third-order valence-electron chi connectivity index (χ3n) is 3.22. The van der Waals surface area contributed by atoms with Gasteiger partial charge >= 0.3 is 0 Å². The van der Waals surface area contributed by atoms with Crippen LogP contribution in [0.1, 0.15) is 35.7 Å². The zero-order valence-electron chi connectivity index (χ0n) is 12.8. The molecule has 0 saturated heterocycles. The molecular weight excluding hydrogens is 296 g/mol. The number of carbonyl (C=O) groups is 1. The molecule has 5 nitrogen and oxygen atoms in total. The summed E-state index contributed by atoms with van der Waals surface area (Å²) in [5.41, 5.74) is 7.97. The van der Waals surface area contributed by atoms with E-state index in [2.05, 4.69) is 15.3 Å². The average Bonchev–Trinajstić information content (AvgIpc) is 2.91. The van der Waals surface area contributed by atoms with E-state index in [1.807, 2.05) is 18.4 Å². The number of unbranched alkanes of at least 4 members (excludes halogenated alkanes) is 2. The van der Waals surface area contributed by atoms with Gasteiger partial charge in [-0.2, -0.15) is 0 Å².